The fourth-order valence-electron chi connectivity index (χ4n) is 3.43. The number of piperidine rings is 1. The Kier molecular flexibility index (Phi) is 7.09. The Hall–Kier alpha value is -2.75. The number of hydrogen-bond donors (Lipinski definition) is 1. The first-order chi connectivity index (χ1) is 14.6. The van der Waals surface area contributed by atoms with Crippen molar-refractivity contribution in [3.05, 3.63) is 53.1 Å². The van der Waals surface area contributed by atoms with Gasteiger partial charge < -0.3 is 19.5 Å². The quantitative estimate of drug-likeness (QED) is 0.741. The van der Waals surface area contributed by atoms with Crippen molar-refractivity contribution >= 4 is 23.6 Å². The fraction of sp³-hybridized carbons (Fsp3) is 0.450. The molecule has 1 atom stereocenters. The minimum Gasteiger partial charge on any atom is -0.440 e. The maximum atomic E-state index is 12.9. The summed E-state index contributed by atoms with van der Waals surface area (Å²) in [6.45, 7) is -1.34. The summed E-state index contributed by atoms with van der Waals surface area (Å²) in [6.07, 6.45) is -1.55. The molecule has 31 heavy (non-hydrogen) atoms. The molecule has 2 amide bonds. The van der Waals surface area contributed by atoms with Crippen LogP contribution in [0.2, 0.25) is 5.02 Å². The van der Waals surface area contributed by atoms with Crippen LogP contribution in [0.15, 0.2) is 36.7 Å². The van der Waals surface area contributed by atoms with Gasteiger partial charge in [0.05, 0.1) is 0 Å². The molecule has 0 saturated carbocycles. The van der Waals surface area contributed by atoms with Crippen molar-refractivity contribution in [1.82, 2.24) is 19.8 Å². The Bertz CT molecular complexity index is 909. The summed E-state index contributed by atoms with van der Waals surface area (Å²) >= 11 is 5.97. The number of rotatable bonds is 5. The summed E-state index contributed by atoms with van der Waals surface area (Å²) in [5, 5.41) is 3.57. The molecule has 1 unspecified atom stereocenters. The lowest BCUT2D eigenvalue weighted by molar-refractivity contribution is -0.162. The molecule has 0 aliphatic carbocycles. The molecule has 1 saturated heterocycles. The first-order valence-corrected chi connectivity index (χ1v) is 10.0. The number of halogens is 4. The molecule has 1 aromatic carbocycles. The summed E-state index contributed by atoms with van der Waals surface area (Å²) in [7, 11) is 1.82. The molecule has 168 valence electrons. The van der Waals surface area contributed by atoms with E-state index in [1.54, 1.807) is 41.2 Å². The standard InChI is InChI=1S/C20H22ClF3N4O3/c1-27-11-8-25-17(27)16(13-2-4-15(21)5-3-13)26-18(29)14-6-9-28(10-7-14)19(30)31-12-20(22,23)24/h2-5,8,11,14,16H,6-7,9-10,12H2,1H3,(H,26,29). The molecular weight excluding hydrogens is 437 g/mol. The Morgan fingerprint density at radius 2 is 1.90 bits per heavy atom. The van der Waals surface area contributed by atoms with E-state index in [9.17, 15) is 22.8 Å². The van der Waals surface area contributed by atoms with E-state index in [0.29, 0.717) is 23.7 Å². The van der Waals surface area contributed by atoms with Gasteiger partial charge in [0.2, 0.25) is 5.91 Å². The number of imidazole rings is 1. The van der Waals surface area contributed by atoms with Crippen LogP contribution >= 0.6 is 11.6 Å². The monoisotopic (exact) mass is 458 g/mol. The van der Waals surface area contributed by atoms with Crippen molar-refractivity contribution in [2.75, 3.05) is 19.7 Å². The summed E-state index contributed by atoms with van der Waals surface area (Å²) in [5.74, 6) is 0.0387. The van der Waals surface area contributed by atoms with Gasteiger partial charge in [-0.05, 0) is 30.5 Å². The maximum Gasteiger partial charge on any atom is 0.422 e. The molecule has 0 bridgehead atoms. The zero-order valence-corrected chi connectivity index (χ0v) is 17.5. The van der Waals surface area contributed by atoms with Crippen LogP contribution in [0, 0.1) is 5.92 Å². The molecule has 2 aromatic rings. The van der Waals surface area contributed by atoms with Gasteiger partial charge in [-0.3, -0.25) is 4.79 Å². The second kappa shape index (κ2) is 9.59. The molecule has 1 fully saturated rings. The highest BCUT2D eigenvalue weighted by molar-refractivity contribution is 6.30. The lowest BCUT2D eigenvalue weighted by atomic mass is 9.95. The third-order valence-electron chi connectivity index (χ3n) is 5.09. The SMILES string of the molecule is Cn1ccnc1C(NC(=O)C1CCN(C(=O)OCC(F)(F)F)CC1)c1ccc(Cl)cc1. The molecular formula is C20H22ClF3N4O3. The molecule has 1 aromatic heterocycles. The lowest BCUT2D eigenvalue weighted by Gasteiger charge is -2.31. The van der Waals surface area contributed by atoms with Crippen LogP contribution in [0.5, 0.6) is 0 Å². The number of carbonyl (C=O) groups is 2. The number of alkyl halides is 3. The van der Waals surface area contributed by atoms with E-state index in [1.165, 1.54) is 4.90 Å². The number of amides is 2. The van der Waals surface area contributed by atoms with Crippen molar-refractivity contribution in [2.24, 2.45) is 13.0 Å². The summed E-state index contributed by atoms with van der Waals surface area (Å²) in [5.41, 5.74) is 0.806. The normalized spacial score (nSPS) is 16.1. The average Bonchev–Trinajstić information content (AvgIpc) is 3.16. The first kappa shape index (κ1) is 22.9. The van der Waals surface area contributed by atoms with Crippen LogP contribution in [-0.2, 0) is 16.6 Å². The van der Waals surface area contributed by atoms with Crippen LogP contribution in [0.4, 0.5) is 18.0 Å². The number of ether oxygens (including phenoxy) is 1. The van der Waals surface area contributed by atoms with Gasteiger partial charge in [-0.2, -0.15) is 13.2 Å². The Morgan fingerprint density at radius 1 is 1.26 bits per heavy atom. The van der Waals surface area contributed by atoms with E-state index >= 15 is 0 Å². The lowest BCUT2D eigenvalue weighted by Crippen LogP contribution is -2.44. The number of nitrogens with one attached hydrogen (secondary N) is 1. The highest BCUT2D eigenvalue weighted by Gasteiger charge is 2.33. The number of carbonyl (C=O) groups excluding carboxylic acids is 2. The molecule has 11 heteroatoms. The minimum atomic E-state index is -4.57. The molecule has 1 aliphatic heterocycles. The van der Waals surface area contributed by atoms with E-state index < -0.39 is 24.9 Å². The van der Waals surface area contributed by atoms with Gasteiger partial charge in [-0.25, -0.2) is 9.78 Å². The molecule has 2 heterocycles. The molecule has 7 nitrogen and oxygen atoms in total. The van der Waals surface area contributed by atoms with Crippen molar-refractivity contribution in [2.45, 2.75) is 25.1 Å². The number of aromatic nitrogens is 2. The van der Waals surface area contributed by atoms with E-state index in [2.05, 4.69) is 15.0 Å². The molecule has 1 aliphatic rings. The second-order valence-electron chi connectivity index (χ2n) is 7.32. The van der Waals surface area contributed by atoms with Gasteiger partial charge in [0.15, 0.2) is 6.61 Å². The number of hydrogen-bond acceptors (Lipinski definition) is 4. The fourth-order valence-corrected chi connectivity index (χ4v) is 3.55. The summed E-state index contributed by atoms with van der Waals surface area (Å²) in [6, 6.07) is 6.57. The van der Waals surface area contributed by atoms with Crippen LogP contribution in [0.1, 0.15) is 30.3 Å². The van der Waals surface area contributed by atoms with Crippen molar-refractivity contribution in [3.63, 3.8) is 0 Å². The predicted molar refractivity (Wildman–Crippen MR) is 106 cm³/mol. The van der Waals surface area contributed by atoms with Crippen molar-refractivity contribution in [1.29, 1.82) is 0 Å². The smallest absolute Gasteiger partial charge is 0.422 e. The molecule has 3 rings (SSSR count). The number of likely N-dealkylation sites (tertiary alicyclic amines) is 1. The van der Waals surface area contributed by atoms with Crippen molar-refractivity contribution in [3.8, 4) is 0 Å². The predicted octanol–water partition coefficient (Wildman–Crippen LogP) is 3.69. The van der Waals surface area contributed by atoms with Crippen molar-refractivity contribution < 1.29 is 27.5 Å². The Balaban J connectivity index is 1.62. The van der Waals surface area contributed by atoms with Crippen LogP contribution in [0.3, 0.4) is 0 Å². The Morgan fingerprint density at radius 3 is 2.45 bits per heavy atom. The van der Waals surface area contributed by atoms with E-state index in [1.807, 2.05) is 7.05 Å². The van der Waals surface area contributed by atoms with E-state index in [-0.39, 0.29) is 24.9 Å². The number of nitrogens with zero attached hydrogens (tertiary/aromatic N) is 3. The van der Waals surface area contributed by atoms with E-state index in [4.69, 9.17) is 11.6 Å². The third kappa shape index (κ3) is 6.13. The largest absolute Gasteiger partial charge is 0.440 e. The van der Waals surface area contributed by atoms with Crippen LogP contribution in [0.25, 0.3) is 0 Å². The second-order valence-corrected chi connectivity index (χ2v) is 7.76. The van der Waals surface area contributed by atoms with Gasteiger partial charge >= 0.3 is 12.3 Å². The van der Waals surface area contributed by atoms with E-state index in [0.717, 1.165) is 5.56 Å². The number of benzene rings is 1. The minimum absolute atomic E-state index is 0.142. The zero-order chi connectivity index (χ0) is 22.6. The van der Waals surface area contributed by atoms with Gasteiger partial charge in [-0.15, -0.1) is 0 Å². The zero-order valence-electron chi connectivity index (χ0n) is 16.7. The molecule has 1 N–H and O–H groups in total. The highest BCUT2D eigenvalue weighted by atomic mass is 35.5. The number of aryl methyl sites for hydroxylation is 1. The average molecular weight is 459 g/mol. The van der Waals surface area contributed by atoms with Crippen LogP contribution < -0.4 is 5.32 Å². The van der Waals surface area contributed by atoms with Gasteiger partial charge in [0.25, 0.3) is 0 Å². The first-order valence-electron chi connectivity index (χ1n) is 9.65. The highest BCUT2D eigenvalue weighted by Crippen LogP contribution is 2.25. The Labute approximate surface area is 182 Å². The topological polar surface area (TPSA) is 76.5 Å². The molecule has 0 spiro atoms. The van der Waals surface area contributed by atoms with Crippen LogP contribution in [-0.4, -0.2) is 52.3 Å². The summed E-state index contributed by atoms with van der Waals surface area (Å²) < 4.78 is 42.7. The maximum absolute atomic E-state index is 12.9. The summed E-state index contributed by atoms with van der Waals surface area (Å²) in [4.78, 5) is 30.2. The van der Waals surface area contributed by atoms with Gasteiger partial charge in [-0.1, -0.05) is 23.7 Å². The third-order valence-corrected chi connectivity index (χ3v) is 5.34. The van der Waals surface area contributed by atoms with Gasteiger partial charge in [0.1, 0.15) is 11.9 Å². The van der Waals surface area contributed by atoms with Gasteiger partial charge in [0, 0.05) is 43.5 Å². The molecule has 0 radical (unpaired) electrons.